The minimum Gasteiger partial charge on any atom is -0.444 e. The van der Waals surface area contributed by atoms with Gasteiger partial charge in [-0.2, -0.15) is 0 Å². The van der Waals surface area contributed by atoms with E-state index in [4.69, 9.17) is 27.9 Å². The van der Waals surface area contributed by atoms with Gasteiger partial charge >= 0.3 is 6.09 Å². The number of alkyl carbamates (subject to hydrolysis) is 1. The summed E-state index contributed by atoms with van der Waals surface area (Å²) in [5, 5.41) is 2.45. The number of rotatable bonds is 8. The molecule has 0 aliphatic carbocycles. The summed E-state index contributed by atoms with van der Waals surface area (Å²) in [6.07, 6.45) is -0.696. The fourth-order valence-corrected chi connectivity index (χ4v) is 3.53. The number of carbonyl (C=O) groups is 1. The quantitative estimate of drug-likeness (QED) is 0.520. The third-order valence-corrected chi connectivity index (χ3v) is 4.63. The minimum absolute atomic E-state index is 0.0454. The Balaban J connectivity index is 4.26. The molecule has 0 heterocycles. The summed E-state index contributed by atoms with van der Waals surface area (Å²) in [4.78, 5) is 21.4. The van der Waals surface area contributed by atoms with E-state index in [2.05, 4.69) is 5.32 Å². The maximum Gasteiger partial charge on any atom is 0.407 e. The second-order valence-electron chi connectivity index (χ2n) is 5.15. The predicted octanol–water partition coefficient (Wildman–Crippen LogP) is 2.48. The van der Waals surface area contributed by atoms with Crippen molar-refractivity contribution >= 4 is 36.8 Å². The molecule has 2 N–H and O–H groups in total. The highest BCUT2D eigenvalue weighted by molar-refractivity contribution is 7.55. The van der Waals surface area contributed by atoms with E-state index in [0.29, 0.717) is 0 Å². The van der Waals surface area contributed by atoms with Crippen molar-refractivity contribution in [2.45, 2.75) is 26.4 Å². The lowest BCUT2D eigenvalue weighted by molar-refractivity contribution is 0.0531. The molecule has 0 aliphatic heterocycles. The zero-order valence-electron chi connectivity index (χ0n) is 12.1. The van der Waals surface area contributed by atoms with Gasteiger partial charge in [0, 0.05) is 31.4 Å². The van der Waals surface area contributed by atoms with Crippen LogP contribution in [0.4, 0.5) is 4.79 Å². The molecule has 120 valence electrons. The number of amides is 1. The highest BCUT2D eigenvalue weighted by atomic mass is 35.5. The first-order valence-electron chi connectivity index (χ1n) is 6.28. The van der Waals surface area contributed by atoms with E-state index in [0.717, 1.165) is 0 Å². The van der Waals surface area contributed by atoms with Crippen LogP contribution in [0.1, 0.15) is 20.8 Å². The van der Waals surface area contributed by atoms with Gasteiger partial charge in [0.25, 0.3) is 7.52 Å². The van der Waals surface area contributed by atoms with Gasteiger partial charge in [-0.05, 0) is 20.8 Å². The number of ether oxygens (including phenoxy) is 1. The molecule has 9 heteroatoms. The van der Waals surface area contributed by atoms with Crippen LogP contribution in [0.2, 0.25) is 0 Å². The van der Waals surface area contributed by atoms with Gasteiger partial charge in [-0.3, -0.25) is 4.57 Å². The second kappa shape index (κ2) is 9.11. The monoisotopic (exact) mass is 348 g/mol. The number of hydrogen-bond donors (Lipinski definition) is 2. The van der Waals surface area contributed by atoms with Gasteiger partial charge in [0.2, 0.25) is 0 Å². The van der Waals surface area contributed by atoms with E-state index in [1.54, 1.807) is 20.8 Å². The van der Waals surface area contributed by atoms with E-state index in [1.165, 1.54) is 4.67 Å². The molecular weight excluding hydrogens is 326 g/mol. The molecular formula is C11H23Cl2N2O4P. The van der Waals surface area contributed by atoms with Crippen LogP contribution in [0.5, 0.6) is 0 Å². The maximum atomic E-state index is 12.1. The molecule has 1 unspecified atom stereocenters. The average molecular weight is 349 g/mol. The Bertz CT molecular complexity index is 344. The van der Waals surface area contributed by atoms with E-state index >= 15 is 0 Å². The molecule has 1 amide bonds. The van der Waals surface area contributed by atoms with Gasteiger partial charge in [0.15, 0.2) is 0 Å². The summed E-state index contributed by atoms with van der Waals surface area (Å²) in [6, 6.07) is 0. The van der Waals surface area contributed by atoms with Crippen molar-refractivity contribution < 1.29 is 19.0 Å². The van der Waals surface area contributed by atoms with Crippen molar-refractivity contribution in [3.05, 3.63) is 0 Å². The molecule has 0 aromatic rings. The largest absolute Gasteiger partial charge is 0.444 e. The third kappa shape index (κ3) is 9.03. The maximum absolute atomic E-state index is 12.1. The third-order valence-electron chi connectivity index (χ3n) is 2.20. The molecule has 0 saturated carbocycles. The predicted molar refractivity (Wildman–Crippen MR) is 81.9 cm³/mol. The molecule has 0 aliphatic rings. The number of carbonyl (C=O) groups excluding carboxylic acids is 1. The van der Waals surface area contributed by atoms with Crippen LogP contribution in [-0.4, -0.2) is 58.8 Å². The Morgan fingerprint density at radius 3 is 2.20 bits per heavy atom. The number of alkyl halides is 2. The molecule has 0 rings (SSSR count). The molecule has 0 fully saturated rings. The number of halogens is 2. The Morgan fingerprint density at radius 1 is 1.30 bits per heavy atom. The minimum atomic E-state index is -3.55. The van der Waals surface area contributed by atoms with Crippen LogP contribution in [0, 0.1) is 0 Å². The molecule has 20 heavy (non-hydrogen) atoms. The second-order valence-corrected chi connectivity index (χ2v) is 8.25. The molecule has 6 nitrogen and oxygen atoms in total. The molecule has 0 aromatic heterocycles. The number of hydrogen-bond acceptors (Lipinski definition) is 3. The fourth-order valence-electron chi connectivity index (χ4n) is 1.38. The molecule has 0 saturated heterocycles. The SMILES string of the molecule is CC(C)(C)OC(=O)NCCP(=O)(O)N(CCCl)CCCl. The molecule has 1 atom stereocenters. The van der Waals surface area contributed by atoms with E-state index < -0.39 is 19.2 Å². The van der Waals surface area contributed by atoms with Crippen LogP contribution >= 0.6 is 30.7 Å². The van der Waals surface area contributed by atoms with Gasteiger partial charge in [-0.1, -0.05) is 0 Å². The van der Waals surface area contributed by atoms with Crippen molar-refractivity contribution in [2.75, 3.05) is 37.6 Å². The smallest absolute Gasteiger partial charge is 0.407 e. The fraction of sp³-hybridized carbons (Fsp3) is 0.909. The van der Waals surface area contributed by atoms with Gasteiger partial charge in [-0.25, -0.2) is 9.46 Å². The van der Waals surface area contributed by atoms with Crippen molar-refractivity contribution in [3.63, 3.8) is 0 Å². The van der Waals surface area contributed by atoms with Crippen molar-refractivity contribution in [2.24, 2.45) is 0 Å². The van der Waals surface area contributed by atoms with Gasteiger partial charge in [-0.15, -0.1) is 23.2 Å². The molecule has 0 aromatic carbocycles. The number of nitrogens with one attached hydrogen (secondary N) is 1. The highest BCUT2D eigenvalue weighted by Gasteiger charge is 2.27. The van der Waals surface area contributed by atoms with Crippen molar-refractivity contribution in [3.8, 4) is 0 Å². The van der Waals surface area contributed by atoms with Gasteiger partial charge in [0.1, 0.15) is 5.60 Å². The van der Waals surface area contributed by atoms with Crippen LogP contribution in [0.15, 0.2) is 0 Å². The Labute approximate surface area is 130 Å². The Hall–Kier alpha value is -0.000000000000000111. The lowest BCUT2D eigenvalue weighted by atomic mass is 10.2. The van der Waals surface area contributed by atoms with Gasteiger partial charge in [0.05, 0.1) is 6.16 Å². The zero-order valence-corrected chi connectivity index (χ0v) is 14.5. The number of nitrogens with zero attached hydrogens (tertiary/aromatic N) is 1. The lowest BCUT2D eigenvalue weighted by Crippen LogP contribution is -2.35. The van der Waals surface area contributed by atoms with Crippen LogP contribution < -0.4 is 5.32 Å². The summed E-state index contributed by atoms with van der Waals surface area (Å²) >= 11 is 11.2. The van der Waals surface area contributed by atoms with E-state index in [-0.39, 0.29) is 37.6 Å². The first-order valence-corrected chi connectivity index (χ1v) is 9.15. The molecule has 0 spiro atoms. The average Bonchev–Trinajstić information content (AvgIpc) is 2.25. The summed E-state index contributed by atoms with van der Waals surface area (Å²) in [6.45, 7) is 5.82. The lowest BCUT2D eigenvalue weighted by Gasteiger charge is -2.26. The van der Waals surface area contributed by atoms with Crippen LogP contribution in [-0.2, 0) is 9.30 Å². The zero-order chi connectivity index (χ0) is 15.8. The van der Waals surface area contributed by atoms with E-state index in [9.17, 15) is 14.3 Å². The normalized spacial score (nSPS) is 14.9. The Kier molecular flexibility index (Phi) is 9.11. The standard InChI is InChI=1S/C11H23Cl2N2O4P/c1-11(2,3)19-10(16)14-6-9-20(17,18)15(7-4-12)8-5-13/h4-9H2,1-3H3,(H,14,16)(H,17,18). The van der Waals surface area contributed by atoms with E-state index in [1.807, 2.05) is 0 Å². The summed E-state index contributed by atoms with van der Waals surface area (Å²) in [5.74, 6) is 0.474. The first-order chi connectivity index (χ1) is 9.12. The summed E-state index contributed by atoms with van der Waals surface area (Å²) in [7, 11) is -3.55. The van der Waals surface area contributed by atoms with Crippen molar-refractivity contribution in [1.29, 1.82) is 0 Å². The Morgan fingerprint density at radius 2 is 1.80 bits per heavy atom. The summed E-state index contributed by atoms with van der Waals surface area (Å²) in [5.41, 5.74) is -0.601. The van der Waals surface area contributed by atoms with Crippen molar-refractivity contribution in [1.82, 2.24) is 9.99 Å². The highest BCUT2D eigenvalue weighted by Crippen LogP contribution is 2.44. The summed E-state index contributed by atoms with van der Waals surface area (Å²) < 4.78 is 18.5. The topological polar surface area (TPSA) is 78.9 Å². The molecule has 0 bridgehead atoms. The van der Waals surface area contributed by atoms with Crippen LogP contribution in [0.3, 0.4) is 0 Å². The van der Waals surface area contributed by atoms with Crippen LogP contribution in [0.25, 0.3) is 0 Å². The van der Waals surface area contributed by atoms with Gasteiger partial charge < -0.3 is 14.9 Å². The molecule has 0 radical (unpaired) electrons. The first kappa shape index (κ1) is 20.0.